The molecule has 5 rings (SSSR count). The minimum absolute atomic E-state index is 0.0730. The molecule has 0 spiro atoms. The summed E-state index contributed by atoms with van der Waals surface area (Å²) in [6, 6.07) is 19.8. The largest absolute Gasteiger partial charge is 0.457 e. The molecule has 2 aliphatic rings. The summed E-state index contributed by atoms with van der Waals surface area (Å²) in [6.45, 7) is 2.33. The number of nitrogens with one attached hydrogen (secondary N) is 1. The molecule has 3 heterocycles. The summed E-state index contributed by atoms with van der Waals surface area (Å²) in [5.74, 6) is 2.16. The number of likely N-dealkylation sites (tertiary alicyclic amines) is 1. The van der Waals surface area contributed by atoms with Crippen molar-refractivity contribution >= 4 is 51.5 Å². The molecule has 1 saturated heterocycles. The van der Waals surface area contributed by atoms with Gasteiger partial charge in [-0.2, -0.15) is 0 Å². The van der Waals surface area contributed by atoms with Gasteiger partial charge in [0.15, 0.2) is 0 Å². The number of rotatable bonds is 5. The second kappa shape index (κ2) is 10.4. The first-order valence-corrected chi connectivity index (χ1v) is 13.2. The predicted molar refractivity (Wildman–Crippen MR) is 145 cm³/mol. The van der Waals surface area contributed by atoms with Crippen molar-refractivity contribution in [2.45, 2.75) is 18.9 Å². The summed E-state index contributed by atoms with van der Waals surface area (Å²) in [7, 11) is 0. The van der Waals surface area contributed by atoms with Crippen molar-refractivity contribution in [3.63, 3.8) is 0 Å². The van der Waals surface area contributed by atoms with E-state index >= 15 is 0 Å². The van der Waals surface area contributed by atoms with E-state index in [-0.39, 0.29) is 23.1 Å². The quantitative estimate of drug-likeness (QED) is 0.452. The van der Waals surface area contributed by atoms with Crippen LogP contribution in [0.5, 0.6) is 11.5 Å². The molecule has 2 unspecified atom stereocenters. The van der Waals surface area contributed by atoms with Crippen LogP contribution in [0.25, 0.3) is 0 Å². The average molecular weight is 526 g/mol. The number of benzene rings is 2. The Kier molecular flexibility index (Phi) is 7.13. The summed E-state index contributed by atoms with van der Waals surface area (Å²) >= 11 is 12.9. The topological polar surface area (TPSA) is 63.6 Å². The Morgan fingerprint density at radius 3 is 2.49 bits per heavy atom. The van der Waals surface area contributed by atoms with Crippen molar-refractivity contribution in [1.82, 2.24) is 9.47 Å². The van der Waals surface area contributed by atoms with Crippen LogP contribution in [0.1, 0.15) is 18.0 Å². The highest BCUT2D eigenvalue weighted by Gasteiger charge is 2.35. The van der Waals surface area contributed by atoms with Crippen LogP contribution in [0.2, 0.25) is 5.02 Å². The Bertz CT molecular complexity index is 1290. The predicted octanol–water partition coefficient (Wildman–Crippen LogP) is 5.37. The van der Waals surface area contributed by atoms with Gasteiger partial charge in [0, 0.05) is 48.0 Å². The molecule has 0 radical (unpaired) electrons. The minimum atomic E-state index is -0.113. The molecule has 1 amide bonds. The van der Waals surface area contributed by atoms with Crippen LogP contribution in [-0.4, -0.2) is 38.5 Å². The highest BCUT2D eigenvalue weighted by Crippen LogP contribution is 2.36. The van der Waals surface area contributed by atoms with Gasteiger partial charge in [0.1, 0.15) is 15.8 Å². The molecule has 2 aromatic carbocycles. The first kappa shape index (κ1) is 23.9. The number of hydrogen-bond acceptors (Lipinski definition) is 5. The van der Waals surface area contributed by atoms with Crippen LogP contribution in [-0.2, 0) is 11.3 Å². The van der Waals surface area contributed by atoms with Gasteiger partial charge in [-0.15, -0.1) is 0 Å². The van der Waals surface area contributed by atoms with Crippen molar-refractivity contribution < 1.29 is 9.53 Å². The van der Waals surface area contributed by atoms with Crippen LogP contribution in [0.4, 0.5) is 5.69 Å². The number of ether oxygens (including phenoxy) is 1. The maximum absolute atomic E-state index is 12.5. The van der Waals surface area contributed by atoms with E-state index in [2.05, 4.69) is 10.2 Å². The van der Waals surface area contributed by atoms with E-state index < -0.39 is 0 Å². The number of carbonyl (C=O) groups is 1. The molecule has 0 aliphatic carbocycles. The number of nitrogens with zero attached hydrogens (tertiary/aromatic N) is 2. The third kappa shape index (κ3) is 5.72. The molecule has 1 N–H and O–H groups in total. The maximum Gasteiger partial charge on any atom is 0.250 e. The number of aromatic nitrogens is 1. The number of thiocarbonyl (C=S) groups is 1. The Labute approximate surface area is 218 Å². The summed E-state index contributed by atoms with van der Waals surface area (Å²) in [5.41, 5.74) is 1.86. The Morgan fingerprint density at radius 1 is 1.03 bits per heavy atom. The molecule has 2 aliphatic heterocycles. The van der Waals surface area contributed by atoms with Crippen LogP contribution < -0.4 is 15.6 Å². The van der Waals surface area contributed by atoms with Gasteiger partial charge in [-0.3, -0.25) is 9.59 Å². The van der Waals surface area contributed by atoms with Gasteiger partial charge in [-0.1, -0.05) is 41.6 Å². The minimum Gasteiger partial charge on any atom is -0.457 e. The van der Waals surface area contributed by atoms with Crippen molar-refractivity contribution in [2.75, 3.05) is 24.2 Å². The van der Waals surface area contributed by atoms with E-state index in [0.717, 1.165) is 36.1 Å². The molecule has 6 nitrogen and oxygen atoms in total. The average Bonchev–Trinajstić information content (AvgIpc) is 2.86. The fourth-order valence-corrected chi connectivity index (χ4v) is 5.82. The highest BCUT2D eigenvalue weighted by molar-refractivity contribution is 8.23. The van der Waals surface area contributed by atoms with Gasteiger partial charge in [-0.25, -0.2) is 0 Å². The zero-order valence-electron chi connectivity index (χ0n) is 18.9. The lowest BCUT2D eigenvalue weighted by atomic mass is 9.83. The smallest absolute Gasteiger partial charge is 0.250 e. The number of carbonyl (C=O) groups excluding carboxylic acids is 1. The van der Waals surface area contributed by atoms with Gasteiger partial charge in [0.25, 0.3) is 5.56 Å². The summed E-state index contributed by atoms with van der Waals surface area (Å²) in [4.78, 5) is 26.9. The Morgan fingerprint density at radius 2 is 1.74 bits per heavy atom. The summed E-state index contributed by atoms with van der Waals surface area (Å²) in [5, 5.41) is 3.56. The molecule has 2 atom stereocenters. The number of halogens is 1. The van der Waals surface area contributed by atoms with Crippen molar-refractivity contribution in [1.29, 1.82) is 0 Å². The number of anilines is 1. The van der Waals surface area contributed by atoms with Gasteiger partial charge in [0.2, 0.25) is 5.91 Å². The molecule has 3 aromatic rings. The number of amides is 1. The Hall–Kier alpha value is -2.81. The molecule has 35 heavy (non-hydrogen) atoms. The monoisotopic (exact) mass is 525 g/mol. The Balaban J connectivity index is 1.11. The van der Waals surface area contributed by atoms with Crippen molar-refractivity contribution in [2.24, 2.45) is 5.92 Å². The normalized spacial score (nSPS) is 18.5. The fraction of sp³-hybridized carbons (Fsp3) is 0.269. The van der Waals surface area contributed by atoms with Crippen molar-refractivity contribution in [3.05, 3.63) is 87.8 Å². The second-order valence-corrected chi connectivity index (χ2v) is 10.8. The zero-order valence-corrected chi connectivity index (χ0v) is 21.2. The third-order valence-electron chi connectivity index (χ3n) is 6.25. The van der Waals surface area contributed by atoms with E-state index in [4.69, 9.17) is 28.6 Å². The van der Waals surface area contributed by atoms with E-state index in [1.165, 1.54) is 11.8 Å². The van der Waals surface area contributed by atoms with E-state index in [1.807, 2.05) is 16.7 Å². The fourth-order valence-electron chi connectivity index (χ4n) is 4.71. The lowest BCUT2D eigenvalue weighted by Crippen LogP contribution is -2.48. The van der Waals surface area contributed by atoms with Crippen molar-refractivity contribution in [3.8, 4) is 11.5 Å². The van der Waals surface area contributed by atoms with Gasteiger partial charge < -0.3 is 19.5 Å². The molecular formula is C26H24ClN3O3S2. The van der Waals surface area contributed by atoms with Crippen LogP contribution in [0, 0.1) is 5.92 Å². The molecule has 180 valence electrons. The first-order valence-electron chi connectivity index (χ1n) is 11.4. The highest BCUT2D eigenvalue weighted by atomic mass is 35.5. The summed E-state index contributed by atoms with van der Waals surface area (Å²) in [6.07, 6.45) is 1.07. The zero-order chi connectivity index (χ0) is 24.4. The summed E-state index contributed by atoms with van der Waals surface area (Å²) < 4.78 is 8.42. The third-order valence-corrected chi connectivity index (χ3v) is 8.03. The number of hydrogen-bond donors (Lipinski definition) is 1. The van der Waals surface area contributed by atoms with Crippen LogP contribution in [0.15, 0.2) is 71.5 Å². The first-order chi connectivity index (χ1) is 16.9. The standard InChI is InChI=1S/C26H24ClN3O3S2/c27-19-4-8-21(9-5-19)33-22-10-6-20(7-11-22)28-24(31)16-35-26(34)29-13-17-12-18(15-29)23-2-1-3-25(32)30(23)14-17/h1-11,17-18H,12-16H2,(H,28,31). The molecule has 0 saturated carbocycles. The second-order valence-electron chi connectivity index (χ2n) is 8.79. The van der Waals surface area contributed by atoms with E-state index in [1.54, 1.807) is 54.6 Å². The molecule has 1 aromatic heterocycles. The van der Waals surface area contributed by atoms with Gasteiger partial charge in [-0.05, 0) is 66.9 Å². The molecule has 9 heteroatoms. The van der Waals surface area contributed by atoms with Crippen LogP contribution in [0.3, 0.4) is 0 Å². The van der Waals surface area contributed by atoms with E-state index in [9.17, 15) is 9.59 Å². The molecule has 1 fully saturated rings. The lowest BCUT2D eigenvalue weighted by Gasteiger charge is -2.43. The number of pyridine rings is 1. The maximum atomic E-state index is 12.5. The van der Waals surface area contributed by atoms with Gasteiger partial charge in [0.05, 0.1) is 5.75 Å². The lowest BCUT2D eigenvalue weighted by molar-refractivity contribution is -0.113. The van der Waals surface area contributed by atoms with Gasteiger partial charge >= 0.3 is 0 Å². The number of piperidine rings is 1. The SMILES string of the molecule is O=C(CSC(=S)N1CC2CC(C1)c1cccc(=O)n1C2)Nc1ccc(Oc2ccc(Cl)cc2)cc1. The molecule has 2 bridgehead atoms. The molecular weight excluding hydrogens is 502 g/mol. The van der Waals surface area contributed by atoms with Crippen LogP contribution >= 0.6 is 35.6 Å². The number of thioether (sulfide) groups is 1. The number of fused-ring (bicyclic) bond motifs is 4. The van der Waals surface area contributed by atoms with E-state index in [0.29, 0.717) is 28.1 Å².